The topological polar surface area (TPSA) is 102 Å². The monoisotopic (exact) mass is 415 g/mol. The molecule has 0 aliphatic rings. The fourth-order valence-corrected chi connectivity index (χ4v) is 3.11. The molecule has 0 radical (unpaired) electrons. The van der Waals surface area contributed by atoms with E-state index in [-0.39, 0.29) is 23.6 Å². The molecule has 8 nitrogen and oxygen atoms in total. The zero-order chi connectivity index (χ0) is 21.8. The number of aromatic nitrogens is 3. The summed E-state index contributed by atoms with van der Waals surface area (Å²) in [6, 6.07) is 15.9. The van der Waals surface area contributed by atoms with Crippen LogP contribution in [0.2, 0.25) is 0 Å². The minimum Gasteiger partial charge on any atom is -0.459 e. The van der Waals surface area contributed by atoms with Crippen molar-refractivity contribution >= 4 is 17.5 Å². The number of hydrogen-bond donors (Lipinski definition) is 2. The molecular formula is C23H21N5O3. The smallest absolute Gasteiger partial charge is 0.291 e. The number of rotatable bonds is 6. The first-order valence-corrected chi connectivity index (χ1v) is 9.72. The molecule has 1 unspecified atom stereocenters. The molecular weight excluding hydrogens is 394 g/mol. The van der Waals surface area contributed by atoms with Gasteiger partial charge < -0.3 is 15.1 Å². The summed E-state index contributed by atoms with van der Waals surface area (Å²) in [7, 11) is 0. The summed E-state index contributed by atoms with van der Waals surface area (Å²) < 4.78 is 6.78. The molecule has 0 bridgehead atoms. The molecule has 0 aliphatic heterocycles. The van der Waals surface area contributed by atoms with Crippen molar-refractivity contribution in [1.82, 2.24) is 20.1 Å². The van der Waals surface area contributed by atoms with Gasteiger partial charge in [-0.1, -0.05) is 18.2 Å². The van der Waals surface area contributed by atoms with Crippen LogP contribution in [0.4, 0.5) is 5.69 Å². The lowest BCUT2D eigenvalue weighted by molar-refractivity contribution is 0.0938. The van der Waals surface area contributed by atoms with Crippen LogP contribution >= 0.6 is 0 Å². The number of nitrogens with zero attached hydrogens (tertiary/aromatic N) is 3. The molecule has 4 rings (SSSR count). The Kier molecular flexibility index (Phi) is 5.61. The van der Waals surface area contributed by atoms with Crippen LogP contribution < -0.4 is 10.6 Å². The van der Waals surface area contributed by atoms with Gasteiger partial charge >= 0.3 is 0 Å². The van der Waals surface area contributed by atoms with Gasteiger partial charge in [0.1, 0.15) is 12.7 Å². The van der Waals surface area contributed by atoms with Crippen molar-refractivity contribution in [2.45, 2.75) is 19.9 Å². The van der Waals surface area contributed by atoms with E-state index in [1.807, 2.05) is 38.1 Å². The maximum Gasteiger partial charge on any atom is 0.291 e. The standard InChI is InChI=1S/C23H21N5O3/c1-15-5-6-18(12-20(15)27-23(30)21-4-3-11-31-21)22(29)26-16(2)17-7-9-19(10-8-17)28-14-24-13-25-28/h3-14,16H,1-2H3,(H,26,29)(H,27,30). The van der Waals surface area contributed by atoms with E-state index in [1.165, 1.54) is 12.6 Å². The molecule has 0 spiro atoms. The Morgan fingerprint density at radius 3 is 2.55 bits per heavy atom. The van der Waals surface area contributed by atoms with Gasteiger partial charge in [-0.3, -0.25) is 9.59 Å². The third kappa shape index (κ3) is 4.53. The number of benzene rings is 2. The molecule has 2 N–H and O–H groups in total. The number of nitrogens with one attached hydrogen (secondary N) is 2. The van der Waals surface area contributed by atoms with Crippen molar-refractivity contribution in [3.8, 4) is 5.69 Å². The largest absolute Gasteiger partial charge is 0.459 e. The molecule has 0 fully saturated rings. The molecule has 0 aliphatic carbocycles. The quantitative estimate of drug-likeness (QED) is 0.497. The van der Waals surface area contributed by atoms with Gasteiger partial charge in [0.05, 0.1) is 18.0 Å². The third-order valence-electron chi connectivity index (χ3n) is 4.92. The van der Waals surface area contributed by atoms with Gasteiger partial charge in [0.2, 0.25) is 0 Å². The molecule has 2 aromatic carbocycles. The second-order valence-corrected chi connectivity index (χ2v) is 7.09. The predicted octanol–water partition coefficient (Wildman–Crippen LogP) is 3.91. The first-order chi connectivity index (χ1) is 15.0. The van der Waals surface area contributed by atoms with E-state index in [1.54, 1.807) is 41.3 Å². The van der Waals surface area contributed by atoms with Gasteiger partial charge in [0.25, 0.3) is 11.8 Å². The van der Waals surface area contributed by atoms with E-state index in [9.17, 15) is 9.59 Å². The Morgan fingerprint density at radius 2 is 1.87 bits per heavy atom. The average molecular weight is 415 g/mol. The van der Waals surface area contributed by atoms with Gasteiger partial charge in [-0.25, -0.2) is 9.67 Å². The minimum atomic E-state index is -0.369. The first kappa shape index (κ1) is 20.1. The molecule has 2 heterocycles. The van der Waals surface area contributed by atoms with E-state index in [4.69, 9.17) is 4.42 Å². The number of anilines is 1. The number of carbonyl (C=O) groups is 2. The van der Waals surface area contributed by atoms with Crippen LogP contribution in [-0.2, 0) is 0 Å². The Balaban J connectivity index is 1.45. The average Bonchev–Trinajstić information content (AvgIpc) is 3.50. The minimum absolute atomic E-state index is 0.206. The summed E-state index contributed by atoms with van der Waals surface area (Å²) in [6.07, 6.45) is 4.54. The highest BCUT2D eigenvalue weighted by atomic mass is 16.3. The van der Waals surface area contributed by atoms with Crippen molar-refractivity contribution in [2.24, 2.45) is 0 Å². The van der Waals surface area contributed by atoms with Crippen LogP contribution in [0.15, 0.2) is 77.9 Å². The number of hydrogen-bond acceptors (Lipinski definition) is 5. The molecule has 2 aromatic heterocycles. The Bertz CT molecular complexity index is 1180. The summed E-state index contributed by atoms with van der Waals surface area (Å²) in [5.74, 6) is -0.398. The Hall–Kier alpha value is -4.20. The van der Waals surface area contributed by atoms with Gasteiger partial charge in [0.15, 0.2) is 5.76 Å². The van der Waals surface area contributed by atoms with Gasteiger partial charge in [0, 0.05) is 11.3 Å². The van der Waals surface area contributed by atoms with E-state index < -0.39 is 0 Å². The summed E-state index contributed by atoms with van der Waals surface area (Å²) in [5.41, 5.74) is 3.68. The zero-order valence-corrected chi connectivity index (χ0v) is 17.1. The number of carbonyl (C=O) groups excluding carboxylic acids is 2. The van der Waals surface area contributed by atoms with Crippen molar-refractivity contribution in [2.75, 3.05) is 5.32 Å². The van der Waals surface area contributed by atoms with E-state index in [0.29, 0.717) is 11.3 Å². The number of furan rings is 1. The fourth-order valence-electron chi connectivity index (χ4n) is 3.11. The van der Waals surface area contributed by atoms with Crippen LogP contribution in [0, 0.1) is 6.92 Å². The molecule has 0 saturated carbocycles. The van der Waals surface area contributed by atoms with Crippen LogP contribution in [0.1, 0.15) is 45.0 Å². The number of amides is 2. The molecule has 2 amide bonds. The first-order valence-electron chi connectivity index (χ1n) is 9.72. The summed E-state index contributed by atoms with van der Waals surface area (Å²) >= 11 is 0. The van der Waals surface area contributed by atoms with Crippen molar-refractivity contribution in [1.29, 1.82) is 0 Å². The maximum absolute atomic E-state index is 12.8. The van der Waals surface area contributed by atoms with E-state index in [0.717, 1.165) is 16.8 Å². The van der Waals surface area contributed by atoms with E-state index in [2.05, 4.69) is 20.7 Å². The van der Waals surface area contributed by atoms with Gasteiger partial charge in [-0.05, 0) is 61.4 Å². The Morgan fingerprint density at radius 1 is 1.06 bits per heavy atom. The lowest BCUT2D eigenvalue weighted by atomic mass is 10.1. The predicted molar refractivity (Wildman–Crippen MR) is 115 cm³/mol. The van der Waals surface area contributed by atoms with Crippen LogP contribution in [0.3, 0.4) is 0 Å². The second-order valence-electron chi connectivity index (χ2n) is 7.09. The molecule has 156 valence electrons. The Labute approximate surface area is 178 Å². The van der Waals surface area contributed by atoms with Gasteiger partial charge in [-0.2, -0.15) is 5.10 Å². The summed E-state index contributed by atoms with van der Waals surface area (Å²) in [5, 5.41) is 9.88. The maximum atomic E-state index is 12.8. The highest BCUT2D eigenvalue weighted by molar-refractivity contribution is 6.04. The van der Waals surface area contributed by atoms with E-state index >= 15 is 0 Å². The van der Waals surface area contributed by atoms with Crippen LogP contribution in [0.25, 0.3) is 5.69 Å². The molecule has 1 atom stereocenters. The second kappa shape index (κ2) is 8.66. The number of aryl methyl sites for hydroxylation is 1. The highest BCUT2D eigenvalue weighted by Crippen LogP contribution is 2.20. The summed E-state index contributed by atoms with van der Waals surface area (Å²) in [4.78, 5) is 29.0. The molecule has 4 aromatic rings. The lowest BCUT2D eigenvalue weighted by Crippen LogP contribution is -2.26. The van der Waals surface area contributed by atoms with Crippen molar-refractivity contribution in [3.05, 3.63) is 96.0 Å². The SMILES string of the molecule is Cc1ccc(C(=O)NC(C)c2ccc(-n3cncn3)cc2)cc1NC(=O)c1ccco1. The fraction of sp³-hybridized carbons (Fsp3) is 0.130. The molecule has 8 heteroatoms. The van der Waals surface area contributed by atoms with Gasteiger partial charge in [-0.15, -0.1) is 0 Å². The van der Waals surface area contributed by atoms with Crippen LogP contribution in [0.5, 0.6) is 0 Å². The van der Waals surface area contributed by atoms with Crippen molar-refractivity contribution < 1.29 is 14.0 Å². The summed E-state index contributed by atoms with van der Waals surface area (Å²) in [6.45, 7) is 3.77. The molecule has 0 saturated heterocycles. The highest BCUT2D eigenvalue weighted by Gasteiger charge is 2.15. The zero-order valence-electron chi connectivity index (χ0n) is 17.1. The van der Waals surface area contributed by atoms with Crippen LogP contribution in [-0.4, -0.2) is 26.6 Å². The normalized spacial score (nSPS) is 11.7. The molecule has 31 heavy (non-hydrogen) atoms. The van der Waals surface area contributed by atoms with Crippen molar-refractivity contribution in [3.63, 3.8) is 0 Å². The lowest BCUT2D eigenvalue weighted by Gasteiger charge is -2.16. The third-order valence-corrected chi connectivity index (χ3v) is 4.92.